The van der Waals surface area contributed by atoms with Crippen LogP contribution in [0.4, 0.5) is 0 Å². The van der Waals surface area contributed by atoms with Gasteiger partial charge in [-0.25, -0.2) is 4.68 Å². The molecule has 1 aromatic heterocycles. The summed E-state index contributed by atoms with van der Waals surface area (Å²) in [6, 6.07) is 5.34. The molecule has 0 bridgehead atoms. The van der Waals surface area contributed by atoms with Crippen molar-refractivity contribution in [3.05, 3.63) is 35.7 Å². The van der Waals surface area contributed by atoms with Gasteiger partial charge in [-0.15, -0.1) is 5.10 Å². The van der Waals surface area contributed by atoms with Crippen LogP contribution in [0.2, 0.25) is 0 Å². The highest BCUT2D eigenvalue weighted by molar-refractivity contribution is 5.46. The first-order chi connectivity index (χ1) is 8.25. The van der Waals surface area contributed by atoms with E-state index in [1.54, 1.807) is 25.2 Å². The first kappa shape index (κ1) is 10.1. The Morgan fingerprint density at radius 3 is 2.94 bits per heavy atom. The summed E-state index contributed by atoms with van der Waals surface area (Å²) < 4.78 is 12.0. The molecule has 0 radical (unpaired) electrons. The molecule has 17 heavy (non-hydrogen) atoms. The molecule has 0 spiro atoms. The molecule has 1 aromatic carbocycles. The maximum Gasteiger partial charge on any atom is 0.231 e. The summed E-state index contributed by atoms with van der Waals surface area (Å²) >= 11 is 0. The maximum absolute atomic E-state index is 10.2. The van der Waals surface area contributed by atoms with Gasteiger partial charge in [0.05, 0.1) is 11.9 Å². The van der Waals surface area contributed by atoms with Crippen molar-refractivity contribution in [2.45, 2.75) is 6.10 Å². The molecule has 88 valence electrons. The first-order valence-corrected chi connectivity index (χ1v) is 5.18. The van der Waals surface area contributed by atoms with Crippen LogP contribution in [-0.2, 0) is 7.05 Å². The van der Waals surface area contributed by atoms with Crippen LogP contribution in [0.5, 0.6) is 11.5 Å². The summed E-state index contributed by atoms with van der Waals surface area (Å²) in [5.41, 5.74) is 1.35. The highest BCUT2D eigenvalue weighted by Crippen LogP contribution is 2.35. The van der Waals surface area contributed by atoms with Gasteiger partial charge < -0.3 is 14.6 Å². The van der Waals surface area contributed by atoms with E-state index in [1.807, 2.05) is 0 Å². The van der Waals surface area contributed by atoms with Crippen molar-refractivity contribution in [2.75, 3.05) is 6.79 Å². The van der Waals surface area contributed by atoms with E-state index < -0.39 is 6.10 Å². The zero-order valence-corrected chi connectivity index (χ0v) is 9.20. The predicted molar refractivity (Wildman–Crippen MR) is 57.6 cm³/mol. The van der Waals surface area contributed by atoms with Crippen LogP contribution in [0, 0.1) is 0 Å². The van der Waals surface area contributed by atoms with E-state index in [0.29, 0.717) is 17.2 Å². The molecule has 0 aliphatic carbocycles. The van der Waals surface area contributed by atoms with E-state index in [2.05, 4.69) is 10.3 Å². The number of aliphatic hydroxyl groups excluding tert-OH is 1. The van der Waals surface area contributed by atoms with Crippen LogP contribution in [0.3, 0.4) is 0 Å². The topological polar surface area (TPSA) is 69.4 Å². The average molecular weight is 233 g/mol. The van der Waals surface area contributed by atoms with Crippen molar-refractivity contribution in [3.63, 3.8) is 0 Å². The number of aryl methyl sites for hydroxylation is 1. The molecule has 2 heterocycles. The standard InChI is InChI=1S/C11H11N3O3/c1-14-8(5-12-13-14)11(15)7-2-3-9-10(4-7)17-6-16-9/h2-5,11,15H,6H2,1H3. The van der Waals surface area contributed by atoms with E-state index in [9.17, 15) is 5.11 Å². The Hall–Kier alpha value is -2.08. The molecular weight excluding hydrogens is 222 g/mol. The first-order valence-electron chi connectivity index (χ1n) is 5.18. The lowest BCUT2D eigenvalue weighted by atomic mass is 10.1. The molecule has 0 saturated heterocycles. The van der Waals surface area contributed by atoms with E-state index in [-0.39, 0.29) is 6.79 Å². The lowest BCUT2D eigenvalue weighted by Crippen LogP contribution is -2.06. The molecule has 0 fully saturated rings. The van der Waals surface area contributed by atoms with Gasteiger partial charge in [-0.2, -0.15) is 0 Å². The fourth-order valence-electron chi connectivity index (χ4n) is 1.80. The summed E-state index contributed by atoms with van der Waals surface area (Å²) in [4.78, 5) is 0. The third kappa shape index (κ3) is 1.62. The molecule has 6 heteroatoms. The Kier molecular flexibility index (Phi) is 2.22. The molecule has 0 saturated carbocycles. The summed E-state index contributed by atoms with van der Waals surface area (Å²) in [6.07, 6.45) is 0.763. The van der Waals surface area contributed by atoms with Gasteiger partial charge in [0.2, 0.25) is 6.79 Å². The number of nitrogens with zero attached hydrogens (tertiary/aromatic N) is 3. The highest BCUT2D eigenvalue weighted by Gasteiger charge is 2.19. The number of aliphatic hydroxyl groups is 1. The number of ether oxygens (including phenoxy) is 2. The second-order valence-electron chi connectivity index (χ2n) is 3.80. The van der Waals surface area contributed by atoms with Crippen LogP contribution in [0.25, 0.3) is 0 Å². The largest absolute Gasteiger partial charge is 0.454 e. The fourth-order valence-corrected chi connectivity index (χ4v) is 1.80. The van der Waals surface area contributed by atoms with Gasteiger partial charge in [0.1, 0.15) is 6.10 Å². The van der Waals surface area contributed by atoms with Crippen LogP contribution in [-0.4, -0.2) is 26.9 Å². The molecule has 1 aliphatic rings. The summed E-state index contributed by atoms with van der Waals surface area (Å²) in [5, 5.41) is 17.7. The molecule has 0 amide bonds. The van der Waals surface area contributed by atoms with Crippen molar-refractivity contribution < 1.29 is 14.6 Å². The van der Waals surface area contributed by atoms with Gasteiger partial charge in [-0.05, 0) is 17.7 Å². The van der Waals surface area contributed by atoms with Gasteiger partial charge in [0, 0.05) is 7.05 Å². The predicted octanol–water partition coefficient (Wildman–Crippen LogP) is 0.625. The van der Waals surface area contributed by atoms with Gasteiger partial charge in [-0.1, -0.05) is 11.3 Å². The monoisotopic (exact) mass is 233 g/mol. The molecule has 1 atom stereocenters. The Morgan fingerprint density at radius 2 is 2.18 bits per heavy atom. The quantitative estimate of drug-likeness (QED) is 0.823. The lowest BCUT2D eigenvalue weighted by molar-refractivity contribution is 0.173. The molecule has 1 unspecified atom stereocenters. The van der Waals surface area contributed by atoms with Gasteiger partial charge in [0.15, 0.2) is 11.5 Å². The van der Waals surface area contributed by atoms with Crippen LogP contribution in [0.1, 0.15) is 17.4 Å². The zero-order chi connectivity index (χ0) is 11.8. The number of rotatable bonds is 2. The van der Waals surface area contributed by atoms with Crippen LogP contribution >= 0.6 is 0 Å². The average Bonchev–Trinajstić information content (AvgIpc) is 2.95. The maximum atomic E-state index is 10.2. The second kappa shape index (κ2) is 3.74. The molecular formula is C11H11N3O3. The van der Waals surface area contributed by atoms with Gasteiger partial charge >= 0.3 is 0 Å². The van der Waals surface area contributed by atoms with Crippen molar-refractivity contribution in [2.24, 2.45) is 7.05 Å². The number of benzene rings is 1. The Balaban J connectivity index is 1.97. The Bertz CT molecular complexity index is 553. The van der Waals surface area contributed by atoms with Crippen molar-refractivity contribution in [3.8, 4) is 11.5 Å². The summed E-state index contributed by atoms with van der Waals surface area (Å²) in [6.45, 7) is 0.224. The normalized spacial score (nSPS) is 14.9. The van der Waals surface area contributed by atoms with E-state index in [1.165, 1.54) is 10.9 Å². The van der Waals surface area contributed by atoms with E-state index in [0.717, 1.165) is 5.56 Å². The molecule has 1 N–H and O–H groups in total. The molecule has 6 nitrogen and oxygen atoms in total. The minimum atomic E-state index is -0.774. The number of hydrogen-bond acceptors (Lipinski definition) is 5. The lowest BCUT2D eigenvalue weighted by Gasteiger charge is -2.10. The zero-order valence-electron chi connectivity index (χ0n) is 9.20. The fraction of sp³-hybridized carbons (Fsp3) is 0.273. The Morgan fingerprint density at radius 1 is 1.35 bits per heavy atom. The third-order valence-electron chi connectivity index (χ3n) is 2.74. The minimum Gasteiger partial charge on any atom is -0.454 e. The highest BCUT2D eigenvalue weighted by atomic mass is 16.7. The van der Waals surface area contributed by atoms with Crippen molar-refractivity contribution in [1.82, 2.24) is 15.0 Å². The van der Waals surface area contributed by atoms with E-state index in [4.69, 9.17) is 9.47 Å². The SMILES string of the molecule is Cn1nncc1C(O)c1ccc2c(c1)OCO2. The third-order valence-corrected chi connectivity index (χ3v) is 2.74. The number of aromatic nitrogens is 3. The molecule has 1 aliphatic heterocycles. The van der Waals surface area contributed by atoms with Crippen LogP contribution < -0.4 is 9.47 Å². The van der Waals surface area contributed by atoms with Crippen molar-refractivity contribution in [1.29, 1.82) is 0 Å². The van der Waals surface area contributed by atoms with Crippen molar-refractivity contribution >= 4 is 0 Å². The molecule has 3 rings (SSSR count). The van der Waals surface area contributed by atoms with E-state index >= 15 is 0 Å². The second-order valence-corrected chi connectivity index (χ2v) is 3.80. The van der Waals surface area contributed by atoms with Gasteiger partial charge in [-0.3, -0.25) is 0 Å². The van der Waals surface area contributed by atoms with Crippen LogP contribution in [0.15, 0.2) is 24.4 Å². The Labute approximate surface area is 97.4 Å². The summed E-state index contributed by atoms with van der Waals surface area (Å²) in [5.74, 6) is 1.35. The smallest absolute Gasteiger partial charge is 0.231 e. The number of hydrogen-bond donors (Lipinski definition) is 1. The minimum absolute atomic E-state index is 0.224. The summed E-state index contributed by atoms with van der Waals surface area (Å²) in [7, 11) is 1.73. The number of fused-ring (bicyclic) bond motifs is 1. The van der Waals surface area contributed by atoms with Gasteiger partial charge in [0.25, 0.3) is 0 Å². The molecule has 2 aromatic rings.